The van der Waals surface area contributed by atoms with Crippen LogP contribution in [-0.4, -0.2) is 53.3 Å². The Hall–Kier alpha value is -3.21. The van der Waals surface area contributed by atoms with Crippen molar-refractivity contribution in [2.45, 2.75) is 63.5 Å². The highest BCUT2D eigenvalue weighted by atomic mass is 32.1. The lowest BCUT2D eigenvalue weighted by molar-refractivity contribution is -0.384. The molecule has 35 heavy (non-hydrogen) atoms. The van der Waals surface area contributed by atoms with Crippen molar-refractivity contribution in [1.29, 1.82) is 0 Å². The number of ether oxygens (including phenoxy) is 1. The van der Waals surface area contributed by atoms with Crippen LogP contribution in [-0.2, 0) is 12.8 Å². The first kappa shape index (κ1) is 24.9. The zero-order valence-corrected chi connectivity index (χ0v) is 21.3. The van der Waals surface area contributed by atoms with Crippen molar-refractivity contribution in [3.63, 3.8) is 0 Å². The van der Waals surface area contributed by atoms with Gasteiger partial charge in [0.1, 0.15) is 11.6 Å². The number of fused-ring (bicyclic) bond motifs is 1. The molecule has 1 aromatic heterocycles. The van der Waals surface area contributed by atoms with Crippen molar-refractivity contribution in [1.82, 2.24) is 15.3 Å². The number of anilines is 3. The number of nitrogens with zero attached hydrogens (tertiary/aromatic N) is 4. The third-order valence-electron chi connectivity index (χ3n) is 6.62. The highest BCUT2D eigenvalue weighted by molar-refractivity contribution is 7.80. The molecule has 0 atom stereocenters. The standard InChI is InChI=1S/C24H33N7O3S/c1-30(2)22-18-6-4-5-7-19(18)27-23(29-22)25-15-8-10-16(11-9-15)26-24(35)28-20-13-12-17(31(32)33)14-21(20)34-3/h12-16H,4-11H2,1-3H3,(H,25,27,29)(H2,26,28,35)/t15-,16+. The molecular weight excluding hydrogens is 466 g/mol. The smallest absolute Gasteiger partial charge is 0.273 e. The van der Waals surface area contributed by atoms with Gasteiger partial charge in [-0.15, -0.1) is 0 Å². The minimum atomic E-state index is -0.453. The average Bonchev–Trinajstić information content (AvgIpc) is 2.84. The van der Waals surface area contributed by atoms with Crippen molar-refractivity contribution in [2.24, 2.45) is 0 Å². The van der Waals surface area contributed by atoms with Gasteiger partial charge in [-0.05, 0) is 69.7 Å². The molecule has 3 N–H and O–H groups in total. The third kappa shape index (κ3) is 6.08. The third-order valence-corrected chi connectivity index (χ3v) is 6.84. The van der Waals surface area contributed by atoms with Crippen molar-refractivity contribution >= 4 is 40.5 Å². The van der Waals surface area contributed by atoms with Gasteiger partial charge in [-0.3, -0.25) is 10.1 Å². The molecule has 0 radical (unpaired) electrons. The number of thiocarbonyl (C=S) groups is 1. The number of nitrogens with one attached hydrogen (secondary N) is 3. The zero-order valence-electron chi connectivity index (χ0n) is 20.5. The number of methoxy groups -OCH3 is 1. The number of nitro benzene ring substituents is 1. The fourth-order valence-electron chi connectivity index (χ4n) is 4.81. The molecule has 0 aliphatic heterocycles. The predicted octanol–water partition coefficient (Wildman–Crippen LogP) is 4.05. The largest absolute Gasteiger partial charge is 0.494 e. The van der Waals surface area contributed by atoms with Gasteiger partial charge in [0.25, 0.3) is 5.69 Å². The molecule has 2 aliphatic rings. The van der Waals surface area contributed by atoms with E-state index in [1.807, 2.05) is 14.1 Å². The molecule has 0 spiro atoms. The summed E-state index contributed by atoms with van der Waals surface area (Å²) in [6.07, 6.45) is 8.36. The lowest BCUT2D eigenvalue weighted by atomic mass is 9.91. The second-order valence-corrected chi connectivity index (χ2v) is 9.74. The van der Waals surface area contributed by atoms with Crippen LogP contribution in [0.3, 0.4) is 0 Å². The molecule has 0 amide bonds. The van der Waals surface area contributed by atoms with E-state index < -0.39 is 4.92 Å². The molecule has 1 aromatic carbocycles. The molecule has 11 heteroatoms. The molecule has 188 valence electrons. The molecule has 1 saturated carbocycles. The zero-order chi connectivity index (χ0) is 24.9. The van der Waals surface area contributed by atoms with Crippen molar-refractivity contribution in [3.8, 4) is 5.75 Å². The van der Waals surface area contributed by atoms with E-state index in [1.54, 1.807) is 6.07 Å². The van der Waals surface area contributed by atoms with Crippen LogP contribution in [0.4, 0.5) is 23.1 Å². The van der Waals surface area contributed by atoms with Crippen LogP contribution < -0.4 is 25.6 Å². The van der Waals surface area contributed by atoms with E-state index in [-0.39, 0.29) is 11.7 Å². The Morgan fingerprint density at radius 3 is 2.54 bits per heavy atom. The summed E-state index contributed by atoms with van der Waals surface area (Å²) < 4.78 is 5.28. The van der Waals surface area contributed by atoms with Gasteiger partial charge in [0.05, 0.1) is 29.5 Å². The fourth-order valence-corrected chi connectivity index (χ4v) is 5.09. The van der Waals surface area contributed by atoms with Gasteiger partial charge < -0.3 is 25.6 Å². The second kappa shape index (κ2) is 11.0. The maximum absolute atomic E-state index is 11.0. The Bertz CT molecular complexity index is 1090. The van der Waals surface area contributed by atoms with Crippen molar-refractivity contribution in [2.75, 3.05) is 36.7 Å². The lowest BCUT2D eigenvalue weighted by Crippen LogP contribution is -2.42. The van der Waals surface area contributed by atoms with Crippen LogP contribution in [0.15, 0.2) is 18.2 Å². The van der Waals surface area contributed by atoms with Gasteiger partial charge in [0.2, 0.25) is 5.95 Å². The van der Waals surface area contributed by atoms with E-state index in [4.69, 9.17) is 26.9 Å². The number of non-ortho nitro benzene ring substituents is 1. The summed E-state index contributed by atoms with van der Waals surface area (Å²) in [5.74, 6) is 2.14. The first-order valence-electron chi connectivity index (χ1n) is 12.1. The first-order chi connectivity index (χ1) is 16.8. The van der Waals surface area contributed by atoms with Gasteiger partial charge in [-0.2, -0.15) is 4.98 Å². The summed E-state index contributed by atoms with van der Waals surface area (Å²) >= 11 is 5.49. The summed E-state index contributed by atoms with van der Waals surface area (Å²) in [6, 6.07) is 4.98. The number of aromatic nitrogens is 2. The normalized spacial score (nSPS) is 19.3. The van der Waals surface area contributed by atoms with Crippen LogP contribution in [0.25, 0.3) is 0 Å². The first-order valence-corrected chi connectivity index (χ1v) is 12.5. The molecule has 4 rings (SSSR count). The van der Waals surface area contributed by atoms with E-state index in [1.165, 1.54) is 43.3 Å². The summed E-state index contributed by atoms with van der Waals surface area (Å²) in [6.45, 7) is 0. The highest BCUT2D eigenvalue weighted by Gasteiger charge is 2.24. The van der Waals surface area contributed by atoms with Gasteiger partial charge in [0.15, 0.2) is 5.11 Å². The summed E-state index contributed by atoms with van der Waals surface area (Å²) in [4.78, 5) is 22.3. The topological polar surface area (TPSA) is 117 Å². The molecule has 0 bridgehead atoms. The molecular formula is C24H33N7O3S. The van der Waals surface area contributed by atoms with E-state index in [2.05, 4.69) is 20.9 Å². The van der Waals surface area contributed by atoms with Gasteiger partial charge in [0, 0.05) is 37.8 Å². The average molecular weight is 500 g/mol. The van der Waals surface area contributed by atoms with E-state index in [0.717, 1.165) is 50.3 Å². The Kier molecular flexibility index (Phi) is 7.84. The molecule has 1 fully saturated rings. The summed E-state index contributed by atoms with van der Waals surface area (Å²) in [5.41, 5.74) is 3.04. The molecule has 1 heterocycles. The Balaban J connectivity index is 1.31. The molecule has 2 aromatic rings. The van der Waals surface area contributed by atoms with Crippen LogP contribution >= 0.6 is 12.2 Å². The predicted molar refractivity (Wildman–Crippen MR) is 142 cm³/mol. The monoisotopic (exact) mass is 499 g/mol. The summed E-state index contributed by atoms with van der Waals surface area (Å²) in [7, 11) is 5.56. The minimum Gasteiger partial charge on any atom is -0.494 e. The molecule has 0 saturated heterocycles. The number of nitro groups is 1. The number of benzene rings is 1. The lowest BCUT2D eigenvalue weighted by Gasteiger charge is -2.31. The number of rotatable bonds is 7. The fraction of sp³-hybridized carbons (Fsp3) is 0.542. The van der Waals surface area contributed by atoms with E-state index >= 15 is 0 Å². The molecule has 0 unspecified atom stereocenters. The molecule has 10 nitrogen and oxygen atoms in total. The Morgan fingerprint density at radius 1 is 1.14 bits per heavy atom. The Labute approximate surface area is 211 Å². The number of hydrogen-bond donors (Lipinski definition) is 3. The SMILES string of the molecule is COc1cc([N+](=O)[O-])ccc1NC(=S)N[C@H]1CC[C@@H](Nc2nc3c(c(N(C)C)n2)CCCC3)CC1. The van der Waals surface area contributed by atoms with Crippen molar-refractivity contribution in [3.05, 3.63) is 39.6 Å². The minimum absolute atomic E-state index is 0.0299. The van der Waals surface area contributed by atoms with Gasteiger partial charge in [-0.25, -0.2) is 4.98 Å². The van der Waals surface area contributed by atoms with Crippen LogP contribution in [0.5, 0.6) is 5.75 Å². The van der Waals surface area contributed by atoms with Crippen LogP contribution in [0, 0.1) is 10.1 Å². The van der Waals surface area contributed by atoms with Gasteiger partial charge in [-0.1, -0.05) is 0 Å². The van der Waals surface area contributed by atoms with E-state index in [0.29, 0.717) is 22.6 Å². The van der Waals surface area contributed by atoms with E-state index in [9.17, 15) is 10.1 Å². The molecule has 2 aliphatic carbocycles. The maximum atomic E-state index is 11.0. The van der Waals surface area contributed by atoms with Crippen LogP contribution in [0.1, 0.15) is 49.8 Å². The number of aryl methyl sites for hydroxylation is 1. The Morgan fingerprint density at radius 2 is 1.86 bits per heavy atom. The highest BCUT2D eigenvalue weighted by Crippen LogP contribution is 2.30. The quantitative estimate of drug-likeness (QED) is 0.293. The van der Waals surface area contributed by atoms with Crippen LogP contribution in [0.2, 0.25) is 0 Å². The summed E-state index contributed by atoms with van der Waals surface area (Å²) in [5, 5.41) is 21.5. The number of hydrogen-bond acceptors (Lipinski definition) is 8. The second-order valence-electron chi connectivity index (χ2n) is 9.33. The van der Waals surface area contributed by atoms with Crippen molar-refractivity contribution < 1.29 is 9.66 Å². The van der Waals surface area contributed by atoms with Gasteiger partial charge >= 0.3 is 0 Å². The maximum Gasteiger partial charge on any atom is 0.273 e.